The zero-order valence-electron chi connectivity index (χ0n) is 12.7. The molecule has 0 bridgehead atoms. The summed E-state index contributed by atoms with van der Waals surface area (Å²) in [6.07, 6.45) is 1.65. The molecule has 114 valence electrons. The van der Waals surface area contributed by atoms with Gasteiger partial charge in [-0.3, -0.25) is 0 Å². The Bertz CT molecular complexity index is 785. The van der Waals surface area contributed by atoms with E-state index in [0.717, 1.165) is 22.5 Å². The molecule has 0 aliphatic carbocycles. The van der Waals surface area contributed by atoms with Crippen molar-refractivity contribution >= 4 is 16.7 Å². The van der Waals surface area contributed by atoms with Gasteiger partial charge < -0.3 is 19.2 Å². The second-order valence-electron chi connectivity index (χ2n) is 4.75. The first kappa shape index (κ1) is 14.2. The molecule has 6 heteroatoms. The fourth-order valence-electron chi connectivity index (χ4n) is 2.34. The van der Waals surface area contributed by atoms with Gasteiger partial charge in [0.25, 0.3) is 0 Å². The van der Waals surface area contributed by atoms with Crippen LogP contribution in [0, 0.1) is 6.92 Å². The molecule has 0 fully saturated rings. The number of anilines is 1. The summed E-state index contributed by atoms with van der Waals surface area (Å²) < 4.78 is 16.1. The van der Waals surface area contributed by atoms with E-state index in [0.29, 0.717) is 23.9 Å². The summed E-state index contributed by atoms with van der Waals surface area (Å²) in [5.41, 5.74) is 0.719. The Morgan fingerprint density at radius 3 is 2.68 bits per heavy atom. The highest BCUT2D eigenvalue weighted by Crippen LogP contribution is 2.36. The highest BCUT2D eigenvalue weighted by Gasteiger charge is 2.14. The van der Waals surface area contributed by atoms with Crippen LogP contribution < -0.4 is 14.8 Å². The van der Waals surface area contributed by atoms with Crippen LogP contribution in [0.4, 0.5) is 5.82 Å². The number of nitrogens with one attached hydrogen (secondary N) is 1. The fourth-order valence-corrected chi connectivity index (χ4v) is 2.34. The number of nitrogens with zero attached hydrogens (tertiary/aromatic N) is 2. The topological polar surface area (TPSA) is 69.4 Å². The van der Waals surface area contributed by atoms with Crippen molar-refractivity contribution in [3.05, 3.63) is 42.1 Å². The number of benzene rings is 1. The van der Waals surface area contributed by atoms with Gasteiger partial charge in [-0.2, -0.15) is 0 Å². The smallest absolute Gasteiger partial charge is 0.187 e. The van der Waals surface area contributed by atoms with E-state index >= 15 is 0 Å². The number of hydrogen-bond acceptors (Lipinski definition) is 6. The van der Waals surface area contributed by atoms with Gasteiger partial charge in [0, 0.05) is 5.39 Å². The minimum absolute atomic E-state index is 0.549. The number of aromatic nitrogens is 2. The number of ether oxygens (including phenoxy) is 2. The largest absolute Gasteiger partial charge is 0.493 e. The van der Waals surface area contributed by atoms with Crippen molar-refractivity contribution in [1.29, 1.82) is 0 Å². The standard InChI is InChI=1S/C16H17N3O3/c1-10-18-14-12(6-7-13(20-2)15(14)21-3)16(19-10)17-9-11-5-4-8-22-11/h4-8H,9H2,1-3H3,(H,17,18,19). The van der Waals surface area contributed by atoms with Gasteiger partial charge in [-0.25, -0.2) is 9.97 Å². The van der Waals surface area contributed by atoms with E-state index < -0.39 is 0 Å². The summed E-state index contributed by atoms with van der Waals surface area (Å²) in [5.74, 6) is 3.47. The van der Waals surface area contributed by atoms with Crippen LogP contribution in [0.5, 0.6) is 11.5 Å². The monoisotopic (exact) mass is 299 g/mol. The second kappa shape index (κ2) is 5.93. The van der Waals surface area contributed by atoms with Gasteiger partial charge in [0.1, 0.15) is 22.9 Å². The predicted molar refractivity (Wildman–Crippen MR) is 83.4 cm³/mol. The van der Waals surface area contributed by atoms with E-state index in [9.17, 15) is 0 Å². The van der Waals surface area contributed by atoms with Crippen molar-refractivity contribution in [1.82, 2.24) is 9.97 Å². The van der Waals surface area contributed by atoms with Crippen molar-refractivity contribution < 1.29 is 13.9 Å². The number of fused-ring (bicyclic) bond motifs is 1. The average Bonchev–Trinajstić information content (AvgIpc) is 3.04. The van der Waals surface area contributed by atoms with Gasteiger partial charge in [-0.1, -0.05) is 0 Å². The van der Waals surface area contributed by atoms with Crippen LogP contribution in [-0.4, -0.2) is 24.2 Å². The van der Waals surface area contributed by atoms with E-state index in [1.54, 1.807) is 20.5 Å². The van der Waals surface area contributed by atoms with Crippen molar-refractivity contribution in [2.75, 3.05) is 19.5 Å². The summed E-state index contributed by atoms with van der Waals surface area (Å²) in [7, 11) is 3.21. The van der Waals surface area contributed by atoms with E-state index in [-0.39, 0.29) is 0 Å². The Kier molecular flexibility index (Phi) is 3.82. The molecule has 0 spiro atoms. The molecule has 1 N–H and O–H groups in total. The fraction of sp³-hybridized carbons (Fsp3) is 0.250. The molecular weight excluding hydrogens is 282 g/mol. The number of methoxy groups -OCH3 is 2. The molecule has 0 radical (unpaired) electrons. The molecule has 3 aromatic rings. The Hall–Kier alpha value is -2.76. The van der Waals surface area contributed by atoms with E-state index in [4.69, 9.17) is 13.9 Å². The van der Waals surface area contributed by atoms with E-state index in [1.165, 1.54) is 0 Å². The van der Waals surface area contributed by atoms with Crippen molar-refractivity contribution in [3.63, 3.8) is 0 Å². The molecule has 0 aliphatic heterocycles. The SMILES string of the molecule is COc1ccc2c(NCc3ccco3)nc(C)nc2c1OC. The Labute approximate surface area is 128 Å². The maximum absolute atomic E-state index is 5.45. The maximum atomic E-state index is 5.45. The molecule has 0 unspecified atom stereocenters. The second-order valence-corrected chi connectivity index (χ2v) is 4.75. The van der Waals surface area contributed by atoms with Crippen molar-refractivity contribution in [2.45, 2.75) is 13.5 Å². The molecule has 2 heterocycles. The Morgan fingerprint density at radius 1 is 1.14 bits per heavy atom. The van der Waals surface area contributed by atoms with Crippen LogP contribution in [0.15, 0.2) is 34.9 Å². The third-order valence-electron chi connectivity index (χ3n) is 3.33. The highest BCUT2D eigenvalue weighted by molar-refractivity contribution is 5.94. The minimum Gasteiger partial charge on any atom is -0.493 e. The lowest BCUT2D eigenvalue weighted by molar-refractivity contribution is 0.358. The summed E-state index contributed by atoms with van der Waals surface area (Å²) in [4.78, 5) is 8.95. The van der Waals surface area contributed by atoms with Gasteiger partial charge in [-0.05, 0) is 31.2 Å². The number of rotatable bonds is 5. The molecule has 0 aliphatic rings. The zero-order chi connectivity index (χ0) is 15.5. The molecule has 22 heavy (non-hydrogen) atoms. The highest BCUT2D eigenvalue weighted by atomic mass is 16.5. The third kappa shape index (κ3) is 2.55. The Morgan fingerprint density at radius 2 is 2.00 bits per heavy atom. The molecule has 3 rings (SSSR count). The summed E-state index contributed by atoms with van der Waals surface area (Å²) in [6, 6.07) is 7.53. The number of aryl methyl sites for hydroxylation is 1. The van der Waals surface area contributed by atoms with Crippen molar-refractivity contribution in [2.24, 2.45) is 0 Å². The quantitative estimate of drug-likeness (QED) is 0.780. The summed E-state index contributed by atoms with van der Waals surface area (Å²) >= 11 is 0. The van der Waals surface area contributed by atoms with Crippen LogP contribution in [0.2, 0.25) is 0 Å². The molecule has 6 nitrogen and oxygen atoms in total. The van der Waals surface area contributed by atoms with Crippen LogP contribution in [0.25, 0.3) is 10.9 Å². The van der Waals surface area contributed by atoms with E-state index in [2.05, 4.69) is 15.3 Å². The van der Waals surface area contributed by atoms with Crippen LogP contribution in [0.1, 0.15) is 11.6 Å². The molecular formula is C16H17N3O3. The lowest BCUT2D eigenvalue weighted by Crippen LogP contribution is -2.04. The van der Waals surface area contributed by atoms with Gasteiger partial charge >= 0.3 is 0 Å². The minimum atomic E-state index is 0.549. The summed E-state index contributed by atoms with van der Waals surface area (Å²) in [5, 5.41) is 4.15. The Balaban J connectivity index is 2.06. The van der Waals surface area contributed by atoms with Gasteiger partial charge in [0.05, 0.1) is 27.0 Å². The van der Waals surface area contributed by atoms with Crippen LogP contribution in [0.3, 0.4) is 0 Å². The molecule has 0 amide bonds. The number of hydrogen-bond donors (Lipinski definition) is 1. The normalized spacial score (nSPS) is 10.7. The lowest BCUT2D eigenvalue weighted by atomic mass is 10.2. The first-order chi connectivity index (χ1) is 10.7. The van der Waals surface area contributed by atoms with Crippen LogP contribution >= 0.6 is 0 Å². The molecule has 0 saturated heterocycles. The first-order valence-electron chi connectivity index (χ1n) is 6.88. The average molecular weight is 299 g/mol. The van der Waals surface area contributed by atoms with Gasteiger partial charge in [0.15, 0.2) is 11.5 Å². The number of furan rings is 1. The molecule has 2 aromatic heterocycles. The van der Waals surface area contributed by atoms with Crippen molar-refractivity contribution in [3.8, 4) is 11.5 Å². The lowest BCUT2D eigenvalue weighted by Gasteiger charge is -2.13. The maximum Gasteiger partial charge on any atom is 0.187 e. The first-order valence-corrected chi connectivity index (χ1v) is 6.88. The molecule has 0 atom stereocenters. The third-order valence-corrected chi connectivity index (χ3v) is 3.33. The zero-order valence-corrected chi connectivity index (χ0v) is 12.7. The van der Waals surface area contributed by atoms with E-state index in [1.807, 2.05) is 31.2 Å². The summed E-state index contributed by atoms with van der Waals surface area (Å²) in [6.45, 7) is 2.39. The molecule has 1 aromatic carbocycles. The van der Waals surface area contributed by atoms with Gasteiger partial charge in [-0.15, -0.1) is 0 Å². The van der Waals surface area contributed by atoms with Gasteiger partial charge in [0.2, 0.25) is 0 Å². The predicted octanol–water partition coefficient (Wildman–Crippen LogP) is 3.16. The van der Waals surface area contributed by atoms with Crippen LogP contribution in [-0.2, 0) is 6.54 Å². The molecule has 0 saturated carbocycles.